The summed E-state index contributed by atoms with van der Waals surface area (Å²) in [7, 11) is 3.09. The van der Waals surface area contributed by atoms with Crippen LogP contribution in [0.5, 0.6) is 11.5 Å². The number of rotatable bonds is 4. The van der Waals surface area contributed by atoms with Gasteiger partial charge in [0.15, 0.2) is 5.67 Å². The fourth-order valence-electron chi connectivity index (χ4n) is 4.37. The lowest BCUT2D eigenvalue weighted by Gasteiger charge is -2.27. The number of halogens is 1. The Hall–Kier alpha value is -2.57. The maximum Gasteiger partial charge on any atom is 0.226 e. The van der Waals surface area contributed by atoms with Crippen LogP contribution in [-0.2, 0) is 23.3 Å². The Morgan fingerprint density at radius 1 is 1.29 bits per heavy atom. The lowest BCUT2D eigenvalue weighted by atomic mass is 9.85. The van der Waals surface area contributed by atoms with Gasteiger partial charge in [0.1, 0.15) is 11.5 Å². The van der Waals surface area contributed by atoms with Gasteiger partial charge in [-0.25, -0.2) is 4.39 Å². The van der Waals surface area contributed by atoms with Gasteiger partial charge in [0.25, 0.3) is 0 Å². The number of methoxy groups -OCH3 is 2. The van der Waals surface area contributed by atoms with Crippen LogP contribution in [0, 0.1) is 12.8 Å². The Kier molecular flexibility index (Phi) is 4.77. The number of aromatic nitrogens is 2. The third-order valence-electron chi connectivity index (χ3n) is 6.09. The van der Waals surface area contributed by atoms with Crippen LogP contribution >= 0.6 is 0 Å². The van der Waals surface area contributed by atoms with Crippen LogP contribution in [0.1, 0.15) is 35.4 Å². The van der Waals surface area contributed by atoms with Crippen molar-refractivity contribution >= 4 is 5.91 Å². The maximum atomic E-state index is 15.8. The number of alkyl halides is 1. The number of amides is 1. The molecule has 1 N–H and O–H groups in total. The number of nitrogens with zero attached hydrogens (tertiary/aromatic N) is 2. The Bertz CT molecular complexity index is 875. The van der Waals surface area contributed by atoms with E-state index in [-0.39, 0.29) is 24.8 Å². The number of hydrogen-bond acceptors (Lipinski definition) is 4. The predicted molar refractivity (Wildman–Crippen MR) is 102 cm³/mol. The second-order valence-electron chi connectivity index (χ2n) is 7.79. The highest BCUT2D eigenvalue weighted by atomic mass is 19.1. The molecular formula is C21H26FN3O3. The molecule has 4 rings (SSSR count). The fraction of sp³-hybridized carbons (Fsp3) is 0.524. The van der Waals surface area contributed by atoms with Crippen molar-refractivity contribution < 1.29 is 18.7 Å². The SMILES string of the molecule is COc1cc(OC)cc(C2(F)CCN(C(=O)C3CCc4n[nH]c(C)c4C3)C2)c1. The molecule has 0 radical (unpaired) electrons. The first-order valence-electron chi connectivity index (χ1n) is 9.67. The molecule has 2 aromatic rings. The van der Waals surface area contributed by atoms with Crippen LogP contribution in [0.15, 0.2) is 18.2 Å². The minimum absolute atomic E-state index is 0.0423. The number of fused-ring (bicyclic) bond motifs is 1. The minimum atomic E-state index is -1.59. The molecule has 28 heavy (non-hydrogen) atoms. The summed E-state index contributed by atoms with van der Waals surface area (Å²) < 4.78 is 26.3. The van der Waals surface area contributed by atoms with E-state index in [4.69, 9.17) is 9.47 Å². The van der Waals surface area contributed by atoms with E-state index >= 15 is 4.39 Å². The molecule has 2 unspecified atom stereocenters. The highest BCUT2D eigenvalue weighted by Gasteiger charge is 2.44. The molecule has 0 saturated carbocycles. The second-order valence-corrected chi connectivity index (χ2v) is 7.79. The number of aromatic amines is 1. The van der Waals surface area contributed by atoms with Gasteiger partial charge in [0.2, 0.25) is 5.91 Å². The van der Waals surface area contributed by atoms with Crippen molar-refractivity contribution in [1.29, 1.82) is 0 Å². The van der Waals surface area contributed by atoms with Crippen molar-refractivity contribution in [2.24, 2.45) is 5.92 Å². The van der Waals surface area contributed by atoms with Crippen molar-refractivity contribution in [2.45, 2.75) is 38.3 Å². The molecular weight excluding hydrogens is 361 g/mol. The molecule has 1 aliphatic carbocycles. The number of carbonyl (C=O) groups excluding carboxylic acids is 1. The van der Waals surface area contributed by atoms with Gasteiger partial charge in [-0.3, -0.25) is 9.89 Å². The van der Waals surface area contributed by atoms with Gasteiger partial charge < -0.3 is 14.4 Å². The predicted octanol–water partition coefficient (Wildman–Crippen LogP) is 2.94. The summed E-state index contributed by atoms with van der Waals surface area (Å²) in [4.78, 5) is 14.8. The summed E-state index contributed by atoms with van der Waals surface area (Å²) in [6.45, 7) is 2.47. The van der Waals surface area contributed by atoms with Crippen molar-refractivity contribution in [3.8, 4) is 11.5 Å². The van der Waals surface area contributed by atoms with Gasteiger partial charge >= 0.3 is 0 Å². The normalized spacial score (nSPS) is 24.1. The average Bonchev–Trinajstić information content (AvgIpc) is 3.30. The number of H-pyrrole nitrogens is 1. The molecule has 0 spiro atoms. The first-order chi connectivity index (χ1) is 13.4. The molecule has 7 heteroatoms. The van der Waals surface area contributed by atoms with E-state index in [9.17, 15) is 4.79 Å². The van der Waals surface area contributed by atoms with E-state index in [1.807, 2.05) is 6.92 Å². The zero-order valence-electron chi connectivity index (χ0n) is 16.5. The Labute approximate surface area is 164 Å². The lowest BCUT2D eigenvalue weighted by molar-refractivity contribution is -0.135. The lowest BCUT2D eigenvalue weighted by Crippen LogP contribution is -2.38. The molecule has 1 fully saturated rings. The molecule has 2 aliphatic rings. The number of nitrogens with one attached hydrogen (secondary N) is 1. The van der Waals surface area contributed by atoms with E-state index in [0.717, 1.165) is 29.8 Å². The zero-order valence-corrected chi connectivity index (χ0v) is 16.5. The van der Waals surface area contributed by atoms with Crippen LogP contribution in [-0.4, -0.2) is 48.3 Å². The molecule has 1 aromatic carbocycles. The molecule has 2 atom stereocenters. The number of likely N-dealkylation sites (tertiary alicyclic amines) is 1. The monoisotopic (exact) mass is 387 g/mol. The van der Waals surface area contributed by atoms with Crippen LogP contribution in [0.25, 0.3) is 0 Å². The Balaban J connectivity index is 1.51. The molecule has 6 nitrogen and oxygen atoms in total. The summed E-state index contributed by atoms with van der Waals surface area (Å²) in [6, 6.07) is 5.11. The first kappa shape index (κ1) is 18.8. The van der Waals surface area contributed by atoms with Crippen LogP contribution in [0.4, 0.5) is 4.39 Å². The zero-order chi connectivity index (χ0) is 19.9. The summed E-state index contributed by atoms with van der Waals surface area (Å²) >= 11 is 0. The molecule has 0 bridgehead atoms. The summed E-state index contributed by atoms with van der Waals surface area (Å²) in [5.74, 6) is 1.03. The maximum absolute atomic E-state index is 15.8. The molecule has 1 saturated heterocycles. The van der Waals surface area contributed by atoms with E-state index in [2.05, 4.69) is 10.2 Å². The van der Waals surface area contributed by atoms with Gasteiger partial charge in [-0.05, 0) is 49.4 Å². The molecule has 1 amide bonds. The first-order valence-corrected chi connectivity index (χ1v) is 9.67. The average molecular weight is 387 g/mol. The summed E-state index contributed by atoms with van der Waals surface area (Å²) in [5, 5.41) is 7.32. The fourth-order valence-corrected chi connectivity index (χ4v) is 4.37. The minimum Gasteiger partial charge on any atom is -0.497 e. The van der Waals surface area contributed by atoms with Gasteiger partial charge in [-0.1, -0.05) is 0 Å². The number of carbonyl (C=O) groups is 1. The topological polar surface area (TPSA) is 67.5 Å². The van der Waals surface area contributed by atoms with E-state index in [0.29, 0.717) is 30.0 Å². The third-order valence-corrected chi connectivity index (χ3v) is 6.09. The van der Waals surface area contributed by atoms with Crippen LogP contribution < -0.4 is 9.47 Å². The quantitative estimate of drug-likeness (QED) is 0.876. The van der Waals surface area contributed by atoms with Crippen LogP contribution in [0.3, 0.4) is 0 Å². The molecule has 2 heterocycles. The van der Waals surface area contributed by atoms with Gasteiger partial charge in [-0.15, -0.1) is 0 Å². The molecule has 1 aliphatic heterocycles. The Morgan fingerprint density at radius 2 is 2.00 bits per heavy atom. The van der Waals surface area contributed by atoms with Crippen molar-refractivity contribution in [3.63, 3.8) is 0 Å². The van der Waals surface area contributed by atoms with Crippen molar-refractivity contribution in [3.05, 3.63) is 40.7 Å². The molecule has 1 aromatic heterocycles. The van der Waals surface area contributed by atoms with Crippen molar-refractivity contribution in [1.82, 2.24) is 15.1 Å². The van der Waals surface area contributed by atoms with Crippen LogP contribution in [0.2, 0.25) is 0 Å². The number of benzene rings is 1. The largest absolute Gasteiger partial charge is 0.497 e. The van der Waals surface area contributed by atoms with E-state index in [1.165, 1.54) is 0 Å². The summed E-state index contributed by atoms with van der Waals surface area (Å²) in [6.07, 6.45) is 2.51. The van der Waals surface area contributed by atoms with Gasteiger partial charge in [0, 0.05) is 30.6 Å². The highest BCUT2D eigenvalue weighted by Crippen LogP contribution is 2.40. The Morgan fingerprint density at radius 3 is 2.68 bits per heavy atom. The van der Waals surface area contributed by atoms with Gasteiger partial charge in [0.05, 0.1) is 26.5 Å². The number of ether oxygens (including phenoxy) is 2. The van der Waals surface area contributed by atoms with E-state index in [1.54, 1.807) is 37.3 Å². The number of hydrogen-bond donors (Lipinski definition) is 1. The third kappa shape index (κ3) is 3.23. The highest BCUT2D eigenvalue weighted by molar-refractivity contribution is 5.80. The smallest absolute Gasteiger partial charge is 0.226 e. The van der Waals surface area contributed by atoms with Gasteiger partial charge in [-0.2, -0.15) is 5.10 Å². The second kappa shape index (κ2) is 7.11. The summed E-state index contributed by atoms with van der Waals surface area (Å²) in [5.41, 5.74) is 2.13. The van der Waals surface area contributed by atoms with Crippen molar-refractivity contribution in [2.75, 3.05) is 27.3 Å². The number of aryl methyl sites for hydroxylation is 2. The van der Waals surface area contributed by atoms with E-state index < -0.39 is 5.67 Å². The standard InChI is InChI=1S/C21H26FN3O3/c1-13-18-8-14(4-5-19(18)24-23-13)20(26)25-7-6-21(22,12-25)15-9-16(27-2)11-17(10-15)28-3/h9-11,14H,4-8,12H2,1-3H3,(H,23,24). The molecule has 150 valence electrons.